The minimum Gasteiger partial charge on any atom is -0.318 e. The lowest BCUT2D eigenvalue weighted by molar-refractivity contribution is 0.521. The van der Waals surface area contributed by atoms with E-state index >= 15 is 0 Å². The van der Waals surface area contributed by atoms with Gasteiger partial charge in [-0.05, 0) is 62.1 Å². The summed E-state index contributed by atoms with van der Waals surface area (Å²) in [6, 6.07) is 8.13. The molecule has 0 aromatic heterocycles. The molecule has 0 saturated heterocycles. The normalized spacial score (nSPS) is 14.2. The molecule has 2 N–H and O–H groups in total. The van der Waals surface area contributed by atoms with Gasteiger partial charge in [-0.2, -0.15) is 0 Å². The second kappa shape index (κ2) is 4.98. The molecule has 1 nitrogen and oxygen atoms in total. The Morgan fingerprint density at radius 1 is 0.900 bits per heavy atom. The number of benzene rings is 2. The molecule has 0 spiro atoms. The maximum Gasteiger partial charge on any atom is 0.129 e. The zero-order chi connectivity index (χ0) is 15.1. The summed E-state index contributed by atoms with van der Waals surface area (Å²) >= 11 is 0. The molecule has 0 aliphatic heterocycles. The number of hydrogen-bond donors (Lipinski definition) is 1. The van der Waals surface area contributed by atoms with Crippen LogP contribution in [0, 0.1) is 32.4 Å². The molecular weight excluding hydrogens is 256 g/mol. The van der Waals surface area contributed by atoms with Crippen molar-refractivity contribution in [2.75, 3.05) is 0 Å². The number of hydrogen-bond acceptors (Lipinski definition) is 1. The van der Waals surface area contributed by atoms with Gasteiger partial charge in [0.05, 0.1) is 5.54 Å². The molecule has 20 heavy (non-hydrogen) atoms. The van der Waals surface area contributed by atoms with Crippen molar-refractivity contribution in [2.45, 2.75) is 33.2 Å². The standard InChI is InChI=1S/C17H19F2N/c1-10-7-12(3)16(15(19)8-10)17(4,20)13-6-5-11(2)14(18)9-13/h5-9H,20H2,1-4H3. The topological polar surface area (TPSA) is 26.0 Å². The molecule has 0 radical (unpaired) electrons. The van der Waals surface area contributed by atoms with Crippen molar-refractivity contribution in [3.05, 3.63) is 69.8 Å². The van der Waals surface area contributed by atoms with Gasteiger partial charge in [0.15, 0.2) is 0 Å². The van der Waals surface area contributed by atoms with E-state index in [0.29, 0.717) is 16.7 Å². The average Bonchev–Trinajstić information content (AvgIpc) is 2.30. The summed E-state index contributed by atoms with van der Waals surface area (Å²) in [5, 5.41) is 0. The zero-order valence-electron chi connectivity index (χ0n) is 12.2. The van der Waals surface area contributed by atoms with Crippen LogP contribution < -0.4 is 5.73 Å². The van der Waals surface area contributed by atoms with Gasteiger partial charge >= 0.3 is 0 Å². The van der Waals surface area contributed by atoms with Crippen LogP contribution in [0.3, 0.4) is 0 Å². The second-order valence-corrected chi connectivity index (χ2v) is 5.60. The minimum absolute atomic E-state index is 0.329. The van der Waals surface area contributed by atoms with Crippen LogP contribution in [0.25, 0.3) is 0 Å². The predicted octanol–water partition coefficient (Wildman–Crippen LogP) is 4.11. The first-order chi connectivity index (χ1) is 9.23. The molecule has 106 valence electrons. The molecule has 1 atom stereocenters. The van der Waals surface area contributed by atoms with E-state index in [-0.39, 0.29) is 11.6 Å². The lowest BCUT2D eigenvalue weighted by Crippen LogP contribution is -2.36. The van der Waals surface area contributed by atoms with Crippen LogP contribution in [0.15, 0.2) is 30.3 Å². The van der Waals surface area contributed by atoms with Gasteiger partial charge in [0.1, 0.15) is 11.6 Å². The molecule has 0 bridgehead atoms. The van der Waals surface area contributed by atoms with Gasteiger partial charge in [-0.3, -0.25) is 0 Å². The molecule has 0 aliphatic rings. The summed E-state index contributed by atoms with van der Waals surface area (Å²) in [4.78, 5) is 0. The van der Waals surface area contributed by atoms with E-state index in [1.165, 1.54) is 12.1 Å². The second-order valence-electron chi connectivity index (χ2n) is 5.60. The highest BCUT2D eigenvalue weighted by molar-refractivity contribution is 5.44. The molecule has 0 fully saturated rings. The van der Waals surface area contributed by atoms with Gasteiger partial charge in [-0.25, -0.2) is 8.78 Å². The van der Waals surface area contributed by atoms with Gasteiger partial charge in [0.2, 0.25) is 0 Å². The SMILES string of the molecule is Cc1cc(C)c(C(C)(N)c2ccc(C)c(F)c2)c(F)c1. The Labute approximate surface area is 118 Å². The smallest absolute Gasteiger partial charge is 0.129 e. The quantitative estimate of drug-likeness (QED) is 0.877. The van der Waals surface area contributed by atoms with Crippen LogP contribution in [0.5, 0.6) is 0 Å². The van der Waals surface area contributed by atoms with Crippen molar-refractivity contribution in [3.63, 3.8) is 0 Å². The number of halogens is 2. The summed E-state index contributed by atoms with van der Waals surface area (Å²) in [5.41, 5.74) is 8.38. The first-order valence-electron chi connectivity index (χ1n) is 6.56. The highest BCUT2D eigenvalue weighted by Crippen LogP contribution is 2.32. The summed E-state index contributed by atoms with van der Waals surface area (Å²) in [5.74, 6) is -0.683. The molecule has 0 heterocycles. The highest BCUT2D eigenvalue weighted by atomic mass is 19.1. The molecule has 0 amide bonds. The van der Waals surface area contributed by atoms with Crippen LogP contribution in [-0.2, 0) is 5.54 Å². The Morgan fingerprint density at radius 2 is 1.55 bits per heavy atom. The van der Waals surface area contributed by atoms with E-state index in [1.54, 1.807) is 26.0 Å². The lowest BCUT2D eigenvalue weighted by Gasteiger charge is -2.28. The predicted molar refractivity (Wildman–Crippen MR) is 77.7 cm³/mol. The Balaban J connectivity index is 2.63. The molecule has 0 aliphatic carbocycles. The van der Waals surface area contributed by atoms with Crippen LogP contribution in [-0.4, -0.2) is 0 Å². The van der Waals surface area contributed by atoms with Crippen molar-refractivity contribution >= 4 is 0 Å². The zero-order valence-corrected chi connectivity index (χ0v) is 12.2. The van der Waals surface area contributed by atoms with E-state index in [2.05, 4.69) is 0 Å². The van der Waals surface area contributed by atoms with Crippen LogP contribution >= 0.6 is 0 Å². The van der Waals surface area contributed by atoms with Gasteiger partial charge in [-0.15, -0.1) is 0 Å². The maximum atomic E-state index is 14.3. The van der Waals surface area contributed by atoms with E-state index < -0.39 is 5.54 Å². The van der Waals surface area contributed by atoms with Crippen LogP contribution in [0.4, 0.5) is 8.78 Å². The minimum atomic E-state index is -1.07. The van der Waals surface area contributed by atoms with Gasteiger partial charge < -0.3 is 5.73 Å². The first kappa shape index (κ1) is 14.7. The Kier molecular flexibility index (Phi) is 3.65. The summed E-state index contributed by atoms with van der Waals surface area (Å²) < 4.78 is 28.0. The first-order valence-corrected chi connectivity index (χ1v) is 6.56. The largest absolute Gasteiger partial charge is 0.318 e. The van der Waals surface area contributed by atoms with Gasteiger partial charge in [0, 0.05) is 5.56 Å². The van der Waals surface area contributed by atoms with E-state index in [9.17, 15) is 8.78 Å². The van der Waals surface area contributed by atoms with Crippen molar-refractivity contribution in [1.82, 2.24) is 0 Å². The third-order valence-electron chi connectivity index (χ3n) is 3.72. The molecule has 3 heteroatoms. The number of nitrogens with two attached hydrogens (primary N) is 1. The third kappa shape index (κ3) is 2.46. The molecular formula is C17H19F2N. The van der Waals surface area contributed by atoms with E-state index in [0.717, 1.165) is 11.1 Å². The van der Waals surface area contributed by atoms with Crippen molar-refractivity contribution in [3.8, 4) is 0 Å². The Hall–Kier alpha value is -1.74. The average molecular weight is 275 g/mol. The fourth-order valence-corrected chi connectivity index (χ4v) is 2.63. The van der Waals surface area contributed by atoms with Gasteiger partial charge in [-0.1, -0.05) is 18.2 Å². The summed E-state index contributed by atoms with van der Waals surface area (Å²) in [6.07, 6.45) is 0. The molecule has 0 saturated carbocycles. The molecule has 2 aromatic carbocycles. The monoisotopic (exact) mass is 275 g/mol. The molecule has 1 unspecified atom stereocenters. The van der Waals surface area contributed by atoms with Crippen LogP contribution in [0.2, 0.25) is 0 Å². The van der Waals surface area contributed by atoms with E-state index in [1.807, 2.05) is 19.9 Å². The maximum absolute atomic E-state index is 14.3. The Morgan fingerprint density at radius 3 is 2.10 bits per heavy atom. The lowest BCUT2D eigenvalue weighted by atomic mass is 9.82. The van der Waals surface area contributed by atoms with E-state index in [4.69, 9.17) is 5.73 Å². The third-order valence-corrected chi connectivity index (χ3v) is 3.72. The van der Waals surface area contributed by atoms with Crippen molar-refractivity contribution in [2.24, 2.45) is 5.73 Å². The van der Waals surface area contributed by atoms with Crippen LogP contribution in [0.1, 0.15) is 34.7 Å². The van der Waals surface area contributed by atoms with Crippen molar-refractivity contribution < 1.29 is 8.78 Å². The fraction of sp³-hybridized carbons (Fsp3) is 0.294. The van der Waals surface area contributed by atoms with Crippen molar-refractivity contribution in [1.29, 1.82) is 0 Å². The summed E-state index contributed by atoms with van der Waals surface area (Å²) in [7, 11) is 0. The highest BCUT2D eigenvalue weighted by Gasteiger charge is 2.29. The fourth-order valence-electron chi connectivity index (χ4n) is 2.63. The van der Waals surface area contributed by atoms with Gasteiger partial charge in [0.25, 0.3) is 0 Å². The summed E-state index contributed by atoms with van der Waals surface area (Å²) in [6.45, 7) is 7.04. The number of aryl methyl sites for hydroxylation is 3. The number of rotatable bonds is 2. The molecule has 2 rings (SSSR count). The Bertz CT molecular complexity index is 637. The molecule has 2 aromatic rings.